The number of carbonyl (C=O) groups is 4. The van der Waals surface area contributed by atoms with Crippen LogP contribution in [0.15, 0.2) is 54.2 Å². The number of likely N-dealkylation sites (tertiary alicyclic amines) is 1. The van der Waals surface area contributed by atoms with E-state index in [9.17, 15) is 24.3 Å². The summed E-state index contributed by atoms with van der Waals surface area (Å²) >= 11 is 0. The number of aryl methyl sites for hydroxylation is 1. The number of methoxy groups -OCH3 is 4. The summed E-state index contributed by atoms with van der Waals surface area (Å²) in [6.07, 6.45) is 8.23. The first-order valence-corrected chi connectivity index (χ1v) is 19.5. The molecule has 2 fully saturated rings. The van der Waals surface area contributed by atoms with E-state index in [1.165, 1.54) is 12.0 Å². The molecule has 0 bridgehead atoms. The molecule has 0 spiro atoms. The molecular weight excluding hydrogens is 706 g/mol. The lowest BCUT2D eigenvalue weighted by molar-refractivity contribution is -0.195. The highest BCUT2D eigenvalue weighted by Crippen LogP contribution is 2.38. The molecule has 2 heterocycles. The van der Waals surface area contributed by atoms with Gasteiger partial charge in [0.05, 0.1) is 39.1 Å². The molecular formula is C43H61NO11. The van der Waals surface area contributed by atoms with Gasteiger partial charge in [-0.05, 0) is 87.0 Å². The van der Waals surface area contributed by atoms with E-state index < -0.39 is 66.1 Å². The van der Waals surface area contributed by atoms with Gasteiger partial charge in [-0.2, -0.15) is 0 Å². The molecule has 0 aromatic heterocycles. The van der Waals surface area contributed by atoms with Gasteiger partial charge in [0.15, 0.2) is 23.4 Å². The predicted octanol–water partition coefficient (Wildman–Crippen LogP) is 5.23. The number of allylic oxidation sites excluding steroid dienone is 5. The highest BCUT2D eigenvalue weighted by molar-refractivity contribution is 6.38. The smallest absolute Gasteiger partial charge is 0.328 e. The molecule has 1 aliphatic carbocycles. The van der Waals surface area contributed by atoms with Gasteiger partial charge in [-0.15, -0.1) is 0 Å². The summed E-state index contributed by atoms with van der Waals surface area (Å²) in [5.74, 6) is -2.72. The lowest BCUT2D eigenvalue weighted by Gasteiger charge is -2.45. The van der Waals surface area contributed by atoms with Gasteiger partial charge in [0.1, 0.15) is 12.1 Å². The highest BCUT2D eigenvalue weighted by Gasteiger charge is 2.51. The van der Waals surface area contributed by atoms with Crippen molar-refractivity contribution >= 4 is 23.4 Å². The Hall–Kier alpha value is -3.84. The maximum absolute atomic E-state index is 14.1. The number of aliphatic hydroxyl groups excluding tert-OH is 1. The van der Waals surface area contributed by atoms with Crippen molar-refractivity contribution in [3.63, 3.8) is 0 Å². The van der Waals surface area contributed by atoms with Crippen molar-refractivity contribution in [3.05, 3.63) is 59.7 Å². The van der Waals surface area contributed by atoms with Crippen molar-refractivity contribution in [1.82, 2.24) is 4.90 Å². The van der Waals surface area contributed by atoms with Gasteiger partial charge in [0.25, 0.3) is 11.7 Å². The second-order valence-electron chi connectivity index (χ2n) is 15.2. The van der Waals surface area contributed by atoms with E-state index in [4.69, 9.17) is 28.4 Å². The maximum atomic E-state index is 14.1. The Bertz CT molecular complexity index is 1570. The van der Waals surface area contributed by atoms with Crippen LogP contribution in [-0.4, -0.2) is 112 Å². The van der Waals surface area contributed by atoms with Crippen LogP contribution in [-0.2, 0) is 44.5 Å². The number of ketones is 2. The molecule has 1 N–H and O–H groups in total. The van der Waals surface area contributed by atoms with Gasteiger partial charge >= 0.3 is 5.97 Å². The molecule has 5 unspecified atom stereocenters. The Kier molecular flexibility index (Phi) is 16.7. The van der Waals surface area contributed by atoms with Crippen LogP contribution in [0, 0.1) is 23.7 Å². The fourth-order valence-electron chi connectivity index (χ4n) is 8.17. The average Bonchev–Trinajstić information content (AvgIpc) is 3.19. The van der Waals surface area contributed by atoms with E-state index in [-0.39, 0.29) is 37.2 Å². The molecule has 10 atom stereocenters. The zero-order valence-corrected chi connectivity index (χ0v) is 33.7. The van der Waals surface area contributed by atoms with Crippen molar-refractivity contribution < 1.29 is 52.7 Å². The second-order valence-corrected chi connectivity index (χ2v) is 15.2. The quantitative estimate of drug-likeness (QED) is 0.169. The van der Waals surface area contributed by atoms with Crippen molar-refractivity contribution in [1.29, 1.82) is 0 Å². The van der Waals surface area contributed by atoms with E-state index in [0.717, 1.165) is 11.1 Å². The number of hydrogen-bond acceptors (Lipinski definition) is 11. The molecule has 12 nitrogen and oxygen atoms in total. The number of ether oxygens (including phenoxy) is 6. The van der Waals surface area contributed by atoms with Crippen LogP contribution >= 0.6 is 0 Å². The first-order valence-electron chi connectivity index (χ1n) is 19.5. The SMILES string of the molecule is COc1ccc(CCCOC(=O)C2CCCCN2C(=O)C(=O)[C@@H]2OC(C3C(OC)C(=O)[C@@H](C)C[C@H](C)\C=C/C=C/C=C(\C)[C@@H]3OC)CC(C)[C@H]2O)cc1OC. The van der Waals surface area contributed by atoms with Gasteiger partial charge in [-0.3, -0.25) is 14.4 Å². The van der Waals surface area contributed by atoms with Crippen LogP contribution in [0.25, 0.3) is 0 Å². The summed E-state index contributed by atoms with van der Waals surface area (Å²) in [5, 5.41) is 11.4. The predicted molar refractivity (Wildman–Crippen MR) is 207 cm³/mol. The van der Waals surface area contributed by atoms with Crippen molar-refractivity contribution in [3.8, 4) is 11.5 Å². The van der Waals surface area contributed by atoms with Crippen LogP contribution in [0.4, 0.5) is 0 Å². The van der Waals surface area contributed by atoms with Crippen molar-refractivity contribution in [2.75, 3.05) is 41.6 Å². The number of nitrogens with zero attached hydrogens (tertiary/aromatic N) is 1. The third-order valence-corrected chi connectivity index (χ3v) is 11.2. The van der Waals surface area contributed by atoms with E-state index in [0.29, 0.717) is 50.0 Å². The van der Waals surface area contributed by atoms with Gasteiger partial charge < -0.3 is 38.4 Å². The van der Waals surface area contributed by atoms with Crippen LogP contribution in [0.1, 0.15) is 71.8 Å². The largest absolute Gasteiger partial charge is 0.493 e. The maximum Gasteiger partial charge on any atom is 0.328 e. The Morgan fingerprint density at radius 1 is 0.927 bits per heavy atom. The monoisotopic (exact) mass is 767 g/mol. The highest BCUT2D eigenvalue weighted by atomic mass is 16.5. The summed E-state index contributed by atoms with van der Waals surface area (Å²) in [4.78, 5) is 56.9. The first kappa shape index (κ1) is 43.9. The third kappa shape index (κ3) is 10.9. The molecule has 1 amide bonds. The molecule has 1 aromatic rings. The van der Waals surface area contributed by atoms with Gasteiger partial charge in [0.2, 0.25) is 0 Å². The minimum absolute atomic E-state index is 0.116. The fraction of sp³-hybridized carbons (Fsp3) is 0.628. The second kappa shape index (κ2) is 20.9. The number of piperidine rings is 1. The van der Waals surface area contributed by atoms with E-state index in [1.54, 1.807) is 28.3 Å². The average molecular weight is 768 g/mol. The van der Waals surface area contributed by atoms with E-state index >= 15 is 0 Å². The zero-order valence-electron chi connectivity index (χ0n) is 33.7. The lowest BCUT2D eigenvalue weighted by atomic mass is 9.75. The number of benzene rings is 1. The summed E-state index contributed by atoms with van der Waals surface area (Å²) in [6.45, 7) is 7.95. The standard InChI is InChI=1S/C43H61NO11/c1-26-15-10-9-11-16-27(2)39(52-7)35(40(53-8)36(45)28(3)23-26)34-24-29(4)37(46)41(55-34)38(47)42(48)44-21-13-12-18-31(44)43(49)54-22-14-17-30-19-20-32(50-5)33(25-30)51-6/h9-11,15-16,19-20,25-26,28-29,31,34-35,37,39-41,46H,12-14,17-18,21-24H2,1-8H3/b11-9+,15-10-,27-16+/t26-,28+,29?,31?,34?,35?,37-,39+,40?,41-/m1/s1. The molecule has 12 heteroatoms. The number of Topliss-reactive ketones (excluding diaryl/α,β-unsaturated/α-hetero) is 2. The molecule has 1 aromatic carbocycles. The number of esters is 1. The Morgan fingerprint density at radius 2 is 1.65 bits per heavy atom. The van der Waals surface area contributed by atoms with Gasteiger partial charge in [-0.25, -0.2) is 4.79 Å². The van der Waals surface area contributed by atoms with Crippen molar-refractivity contribution in [2.45, 2.75) is 109 Å². The summed E-state index contributed by atoms with van der Waals surface area (Å²) < 4.78 is 34.8. The minimum atomic E-state index is -1.53. The molecule has 3 aliphatic rings. The summed E-state index contributed by atoms with van der Waals surface area (Å²) in [6, 6.07) is 4.68. The number of hydrogen-bond donors (Lipinski definition) is 1. The zero-order chi connectivity index (χ0) is 40.2. The Balaban J connectivity index is 1.52. The summed E-state index contributed by atoms with van der Waals surface area (Å²) in [5.41, 5.74) is 1.80. The molecule has 4 rings (SSSR count). The number of aliphatic hydroxyl groups is 1. The summed E-state index contributed by atoms with van der Waals surface area (Å²) in [7, 11) is 6.18. The molecule has 304 valence electrons. The van der Waals surface area contributed by atoms with Crippen LogP contribution in [0.3, 0.4) is 0 Å². The van der Waals surface area contributed by atoms with Gasteiger partial charge in [-0.1, -0.05) is 57.2 Å². The molecule has 0 radical (unpaired) electrons. The van der Waals surface area contributed by atoms with E-state index in [1.807, 2.05) is 56.4 Å². The minimum Gasteiger partial charge on any atom is -0.493 e. The van der Waals surface area contributed by atoms with Gasteiger partial charge in [0, 0.05) is 32.6 Å². The molecule has 0 saturated carbocycles. The fourth-order valence-corrected chi connectivity index (χ4v) is 8.17. The van der Waals surface area contributed by atoms with Crippen LogP contribution in [0.5, 0.6) is 11.5 Å². The number of rotatable bonds is 12. The third-order valence-electron chi connectivity index (χ3n) is 11.2. The Labute approximate surface area is 326 Å². The lowest BCUT2D eigenvalue weighted by Crippen LogP contribution is -2.59. The molecule has 2 aliphatic heterocycles. The first-order chi connectivity index (χ1) is 26.4. The van der Waals surface area contributed by atoms with Crippen LogP contribution < -0.4 is 9.47 Å². The number of carbonyl (C=O) groups excluding carboxylic acids is 4. The van der Waals surface area contributed by atoms with Crippen LogP contribution in [0.2, 0.25) is 0 Å². The molecule has 55 heavy (non-hydrogen) atoms. The molecule has 2 saturated heterocycles. The number of amides is 1. The topological polar surface area (TPSA) is 147 Å². The van der Waals surface area contributed by atoms with Crippen molar-refractivity contribution in [2.24, 2.45) is 23.7 Å². The Morgan fingerprint density at radius 3 is 2.35 bits per heavy atom. The van der Waals surface area contributed by atoms with E-state index in [2.05, 4.69) is 13.0 Å². The normalized spacial score (nSPS) is 32.8.